The molecular formula is C25H28N2O6. The first-order chi connectivity index (χ1) is 15.8. The van der Waals surface area contributed by atoms with Crippen LogP contribution < -0.4 is 4.90 Å². The van der Waals surface area contributed by atoms with Crippen LogP contribution >= 0.6 is 0 Å². The minimum atomic E-state index is -1.32. The van der Waals surface area contributed by atoms with Gasteiger partial charge in [0, 0.05) is 12.2 Å². The maximum Gasteiger partial charge on any atom is 0.313 e. The number of rotatable bonds is 3. The fraction of sp³-hybridized carbons (Fsp3) is 0.480. The van der Waals surface area contributed by atoms with Crippen LogP contribution in [0.25, 0.3) is 0 Å². The van der Waals surface area contributed by atoms with E-state index in [1.807, 2.05) is 38.1 Å². The number of nitrogens with zero attached hydrogens (tertiary/aromatic N) is 2. The second-order valence-electron chi connectivity index (χ2n) is 9.32. The van der Waals surface area contributed by atoms with Gasteiger partial charge in [0.1, 0.15) is 24.2 Å². The largest absolute Gasteiger partial charge is 0.461 e. The highest BCUT2D eigenvalue weighted by molar-refractivity contribution is 6.06. The van der Waals surface area contributed by atoms with E-state index in [0.717, 1.165) is 16.8 Å². The van der Waals surface area contributed by atoms with Gasteiger partial charge in [-0.05, 0) is 44.0 Å². The topological polar surface area (TPSA) is 96.4 Å². The number of carbonyl (C=O) groups is 3. The molecule has 0 bridgehead atoms. The number of esters is 1. The van der Waals surface area contributed by atoms with Crippen LogP contribution in [-0.4, -0.2) is 71.3 Å². The summed E-state index contributed by atoms with van der Waals surface area (Å²) in [5.41, 5.74) is 1.39. The molecule has 33 heavy (non-hydrogen) atoms. The molecule has 5 rings (SSSR count). The number of ether oxygens (including phenoxy) is 2. The van der Waals surface area contributed by atoms with Gasteiger partial charge in [-0.15, -0.1) is 0 Å². The number of hydrogen-bond acceptors (Lipinski definition) is 6. The predicted molar refractivity (Wildman–Crippen MR) is 119 cm³/mol. The Kier molecular flexibility index (Phi) is 5.17. The van der Waals surface area contributed by atoms with Crippen LogP contribution in [0.15, 0.2) is 42.5 Å². The van der Waals surface area contributed by atoms with Gasteiger partial charge in [-0.2, -0.15) is 0 Å². The smallest absolute Gasteiger partial charge is 0.313 e. The molecule has 2 saturated heterocycles. The Morgan fingerprint density at radius 2 is 1.97 bits per heavy atom. The zero-order chi connectivity index (χ0) is 23.5. The second-order valence-corrected chi connectivity index (χ2v) is 9.32. The van der Waals surface area contributed by atoms with Gasteiger partial charge in [-0.25, -0.2) is 0 Å². The van der Waals surface area contributed by atoms with Crippen molar-refractivity contribution in [2.24, 2.45) is 11.8 Å². The van der Waals surface area contributed by atoms with E-state index in [1.54, 1.807) is 30.1 Å². The number of anilines is 1. The monoisotopic (exact) mass is 452 g/mol. The molecule has 1 N–H and O–H groups in total. The number of hydrogen-bond donors (Lipinski definition) is 1. The van der Waals surface area contributed by atoms with E-state index in [0.29, 0.717) is 6.54 Å². The Hall–Kier alpha value is -2.97. The number of carbonyl (C=O) groups excluding carboxylic acids is 3. The summed E-state index contributed by atoms with van der Waals surface area (Å²) >= 11 is 0. The van der Waals surface area contributed by atoms with Gasteiger partial charge >= 0.3 is 5.97 Å². The third-order valence-electron chi connectivity index (χ3n) is 7.25. The molecule has 0 aliphatic carbocycles. The van der Waals surface area contributed by atoms with Crippen LogP contribution in [0, 0.1) is 25.7 Å². The molecule has 4 aliphatic heterocycles. The summed E-state index contributed by atoms with van der Waals surface area (Å²) in [4.78, 5) is 43.9. The molecule has 1 unspecified atom stereocenters. The lowest BCUT2D eigenvalue weighted by molar-refractivity contribution is -0.153. The molecule has 1 aromatic carbocycles. The third-order valence-corrected chi connectivity index (χ3v) is 7.25. The molecule has 2 amide bonds. The predicted octanol–water partition coefficient (Wildman–Crippen LogP) is 1.28. The van der Waals surface area contributed by atoms with Crippen LogP contribution in [0.1, 0.15) is 18.1 Å². The van der Waals surface area contributed by atoms with E-state index in [1.165, 1.54) is 4.90 Å². The summed E-state index contributed by atoms with van der Waals surface area (Å²) in [5, 5.41) is 9.93. The van der Waals surface area contributed by atoms with Gasteiger partial charge in [-0.1, -0.05) is 30.4 Å². The number of aliphatic hydroxyl groups excluding tert-OH is 1. The fourth-order valence-electron chi connectivity index (χ4n) is 5.70. The Morgan fingerprint density at radius 1 is 1.18 bits per heavy atom. The van der Waals surface area contributed by atoms with E-state index in [4.69, 9.17) is 9.47 Å². The average Bonchev–Trinajstić information content (AvgIpc) is 3.10. The minimum absolute atomic E-state index is 0.123. The molecule has 0 saturated carbocycles. The molecule has 1 spiro atoms. The molecule has 174 valence electrons. The summed E-state index contributed by atoms with van der Waals surface area (Å²) in [5.74, 6) is -2.93. The van der Waals surface area contributed by atoms with Gasteiger partial charge in [0.2, 0.25) is 5.91 Å². The number of likely N-dealkylation sites (tertiary alicyclic amines) is 1. The van der Waals surface area contributed by atoms with E-state index in [2.05, 4.69) is 0 Å². The van der Waals surface area contributed by atoms with Crippen molar-refractivity contribution in [1.82, 2.24) is 4.90 Å². The quantitative estimate of drug-likeness (QED) is 0.548. The highest BCUT2D eigenvalue weighted by Gasteiger charge is 2.72. The highest BCUT2D eigenvalue weighted by atomic mass is 16.6. The number of aryl methyl sites for hydroxylation is 2. The molecule has 4 aliphatic rings. The van der Waals surface area contributed by atoms with Gasteiger partial charge in [0.05, 0.1) is 24.7 Å². The Bertz CT molecular complexity index is 1080. The number of cyclic esters (lactones) is 1. The number of fused-ring (bicyclic) bond motifs is 2. The Labute approximate surface area is 192 Å². The Morgan fingerprint density at radius 3 is 2.73 bits per heavy atom. The van der Waals surface area contributed by atoms with Crippen molar-refractivity contribution in [2.45, 2.75) is 44.6 Å². The second kappa shape index (κ2) is 7.81. The number of aliphatic hydroxyl groups is 1. The highest BCUT2D eigenvalue weighted by Crippen LogP contribution is 2.54. The maximum atomic E-state index is 14.2. The minimum Gasteiger partial charge on any atom is -0.461 e. The summed E-state index contributed by atoms with van der Waals surface area (Å²) in [7, 11) is 0. The van der Waals surface area contributed by atoms with Crippen molar-refractivity contribution in [3.63, 3.8) is 0 Å². The van der Waals surface area contributed by atoms with Gasteiger partial charge in [0.25, 0.3) is 5.91 Å². The van der Waals surface area contributed by atoms with Crippen LogP contribution in [-0.2, 0) is 23.9 Å². The van der Waals surface area contributed by atoms with Crippen LogP contribution in [0.4, 0.5) is 5.69 Å². The number of benzene rings is 1. The van der Waals surface area contributed by atoms with Crippen molar-refractivity contribution in [1.29, 1.82) is 0 Å². The Balaban J connectivity index is 1.66. The SMILES string of the molecule is Cc1ccc(C)c(N2CC=C[C@]34O[C@@H]5C=CCOC(=O)[C@@H]5[C@H]3C(=O)N([C@H](C)CO)C4C2=O)c1. The molecule has 4 heterocycles. The van der Waals surface area contributed by atoms with E-state index in [-0.39, 0.29) is 25.0 Å². The van der Waals surface area contributed by atoms with E-state index >= 15 is 0 Å². The zero-order valence-corrected chi connectivity index (χ0v) is 18.9. The average molecular weight is 453 g/mol. The third kappa shape index (κ3) is 3.08. The fourth-order valence-corrected chi connectivity index (χ4v) is 5.70. The molecule has 8 heteroatoms. The summed E-state index contributed by atoms with van der Waals surface area (Å²) in [6.45, 7) is 5.71. The zero-order valence-electron chi connectivity index (χ0n) is 18.9. The van der Waals surface area contributed by atoms with Crippen LogP contribution in [0.2, 0.25) is 0 Å². The van der Waals surface area contributed by atoms with Gasteiger partial charge in [-0.3, -0.25) is 14.4 Å². The van der Waals surface area contributed by atoms with Crippen molar-refractivity contribution in [3.05, 3.63) is 53.6 Å². The lowest BCUT2D eigenvalue weighted by Crippen LogP contribution is -2.57. The van der Waals surface area contributed by atoms with Gasteiger partial charge in [0.15, 0.2) is 0 Å². The molecule has 0 aromatic heterocycles. The molecular weight excluding hydrogens is 424 g/mol. The first-order valence-electron chi connectivity index (χ1n) is 11.3. The standard InChI is InChI=1S/C25H28N2O6/c1-14-7-8-15(2)17(12-14)26-10-5-9-25-20(19-18(33-25)6-4-11-32-24(19)31)22(29)27(16(3)13-28)21(25)23(26)30/h4-9,12,16,18-21,28H,10-11,13H2,1-3H3/t16-,18-,19+,20+,21?,25+/m1/s1. The molecule has 1 aromatic rings. The number of amides is 2. The first kappa shape index (κ1) is 21.9. The van der Waals surface area contributed by atoms with Crippen LogP contribution in [0.3, 0.4) is 0 Å². The normalized spacial score (nSPS) is 33.9. The molecule has 2 fully saturated rings. The molecule has 0 radical (unpaired) electrons. The summed E-state index contributed by atoms with van der Waals surface area (Å²) in [6.07, 6.45) is 6.42. The lowest BCUT2D eigenvalue weighted by atomic mass is 9.78. The van der Waals surface area contributed by atoms with Gasteiger partial charge < -0.3 is 24.4 Å². The molecule has 6 atom stereocenters. The van der Waals surface area contributed by atoms with E-state index in [9.17, 15) is 19.5 Å². The van der Waals surface area contributed by atoms with E-state index < -0.39 is 41.6 Å². The van der Waals surface area contributed by atoms with Crippen molar-refractivity contribution < 1.29 is 29.0 Å². The van der Waals surface area contributed by atoms with Crippen molar-refractivity contribution >= 4 is 23.5 Å². The first-order valence-corrected chi connectivity index (χ1v) is 11.3. The van der Waals surface area contributed by atoms with Crippen molar-refractivity contribution in [2.75, 3.05) is 24.7 Å². The van der Waals surface area contributed by atoms with Crippen LogP contribution in [0.5, 0.6) is 0 Å². The summed E-state index contributed by atoms with van der Waals surface area (Å²) < 4.78 is 11.8. The lowest BCUT2D eigenvalue weighted by Gasteiger charge is -2.37. The van der Waals surface area contributed by atoms with Crippen molar-refractivity contribution in [3.8, 4) is 0 Å². The summed E-state index contributed by atoms with van der Waals surface area (Å²) in [6, 6.07) is 4.26. The molecule has 8 nitrogen and oxygen atoms in total. The maximum absolute atomic E-state index is 14.2.